The fourth-order valence-electron chi connectivity index (χ4n) is 3.64. The number of piperidine rings is 1. The predicted molar refractivity (Wildman–Crippen MR) is 101 cm³/mol. The van der Waals surface area contributed by atoms with E-state index in [2.05, 4.69) is 47.5 Å². The Morgan fingerprint density at radius 1 is 1.24 bits per heavy atom. The molecule has 2 unspecified atom stereocenters. The summed E-state index contributed by atoms with van der Waals surface area (Å²) in [5, 5.41) is 13.9. The van der Waals surface area contributed by atoms with Crippen LogP contribution in [0.1, 0.15) is 36.9 Å². The fraction of sp³-hybridized carbons (Fsp3) is 0.429. The molecule has 1 saturated heterocycles. The van der Waals surface area contributed by atoms with Gasteiger partial charge in [0.15, 0.2) is 0 Å². The van der Waals surface area contributed by atoms with E-state index in [1.165, 1.54) is 18.4 Å². The molecule has 0 bridgehead atoms. The number of nitrogens with one attached hydrogen (secondary N) is 1. The Bertz CT molecular complexity index is 675. The number of hydrogen-bond acceptors (Lipinski definition) is 4. The molecule has 2 aromatic carbocycles. The van der Waals surface area contributed by atoms with E-state index in [1.807, 2.05) is 12.1 Å². The monoisotopic (exact) mass is 340 g/mol. The summed E-state index contributed by atoms with van der Waals surface area (Å²) in [6.07, 6.45) is 2.37. The molecule has 2 N–H and O–H groups in total. The van der Waals surface area contributed by atoms with Crippen LogP contribution in [0, 0.1) is 0 Å². The minimum absolute atomic E-state index is 0.104. The van der Waals surface area contributed by atoms with Crippen molar-refractivity contribution in [2.24, 2.45) is 0 Å². The van der Waals surface area contributed by atoms with Crippen molar-refractivity contribution in [3.8, 4) is 11.5 Å². The van der Waals surface area contributed by atoms with Gasteiger partial charge in [0, 0.05) is 36.8 Å². The molecule has 134 valence electrons. The second kappa shape index (κ2) is 8.37. The lowest BCUT2D eigenvalue weighted by atomic mass is 10.0. The van der Waals surface area contributed by atoms with Crippen LogP contribution >= 0.6 is 0 Å². The molecule has 2 aromatic rings. The van der Waals surface area contributed by atoms with E-state index in [0.29, 0.717) is 11.8 Å². The first-order valence-electron chi connectivity index (χ1n) is 9.05. The van der Waals surface area contributed by atoms with Gasteiger partial charge >= 0.3 is 0 Å². The summed E-state index contributed by atoms with van der Waals surface area (Å²) in [5.41, 5.74) is 2.28. The molecule has 0 aliphatic carbocycles. The highest BCUT2D eigenvalue weighted by molar-refractivity contribution is 5.41. The highest BCUT2D eigenvalue weighted by Crippen LogP contribution is 2.29. The molecule has 2 atom stereocenters. The first-order valence-corrected chi connectivity index (χ1v) is 9.05. The third kappa shape index (κ3) is 4.74. The number of benzene rings is 2. The number of aromatic hydroxyl groups is 1. The van der Waals surface area contributed by atoms with Crippen molar-refractivity contribution in [1.29, 1.82) is 0 Å². The molecule has 25 heavy (non-hydrogen) atoms. The number of likely N-dealkylation sites (tertiary alicyclic amines) is 1. The van der Waals surface area contributed by atoms with Gasteiger partial charge in [-0.25, -0.2) is 0 Å². The zero-order valence-electron chi connectivity index (χ0n) is 15.1. The lowest BCUT2D eigenvalue weighted by molar-refractivity contribution is 0.177. The van der Waals surface area contributed by atoms with Crippen LogP contribution in [-0.2, 0) is 6.54 Å². The lowest BCUT2D eigenvalue weighted by Crippen LogP contribution is -2.46. The Labute approximate surface area is 150 Å². The number of hydrogen-bond donors (Lipinski definition) is 2. The van der Waals surface area contributed by atoms with E-state index in [1.54, 1.807) is 13.2 Å². The minimum atomic E-state index is 0.104. The highest BCUT2D eigenvalue weighted by Gasteiger charge is 2.22. The topological polar surface area (TPSA) is 44.7 Å². The average molecular weight is 340 g/mol. The maximum absolute atomic E-state index is 10.2. The van der Waals surface area contributed by atoms with Crippen molar-refractivity contribution in [1.82, 2.24) is 10.2 Å². The molecule has 0 amide bonds. The van der Waals surface area contributed by atoms with Gasteiger partial charge in [-0.1, -0.05) is 36.4 Å². The molecule has 0 spiro atoms. The number of methoxy groups -OCH3 is 1. The molecular formula is C21H28N2O2. The number of nitrogens with zero attached hydrogens (tertiary/aromatic N) is 1. The summed E-state index contributed by atoms with van der Waals surface area (Å²) < 4.78 is 5.16. The predicted octanol–water partition coefficient (Wildman–Crippen LogP) is 3.72. The van der Waals surface area contributed by atoms with Crippen LogP contribution in [0.2, 0.25) is 0 Å². The second-order valence-electron chi connectivity index (χ2n) is 6.87. The fourth-order valence-corrected chi connectivity index (χ4v) is 3.64. The molecule has 1 aliphatic rings. The largest absolute Gasteiger partial charge is 0.507 e. The van der Waals surface area contributed by atoms with Crippen LogP contribution in [-0.4, -0.2) is 36.2 Å². The van der Waals surface area contributed by atoms with E-state index >= 15 is 0 Å². The number of ether oxygens (including phenoxy) is 1. The van der Waals surface area contributed by atoms with Gasteiger partial charge in [-0.05, 0) is 37.9 Å². The van der Waals surface area contributed by atoms with E-state index in [4.69, 9.17) is 4.74 Å². The number of phenols is 1. The Hall–Kier alpha value is -2.04. The molecule has 0 aromatic heterocycles. The van der Waals surface area contributed by atoms with Crippen LogP contribution in [0.4, 0.5) is 0 Å². The average Bonchev–Trinajstić information content (AvgIpc) is 2.62. The van der Waals surface area contributed by atoms with Crippen molar-refractivity contribution in [3.63, 3.8) is 0 Å². The van der Waals surface area contributed by atoms with Crippen LogP contribution in [0.5, 0.6) is 11.5 Å². The summed E-state index contributed by atoms with van der Waals surface area (Å²) in [6.45, 7) is 5.30. The molecule has 3 rings (SSSR count). The normalized spacial score (nSPS) is 19.5. The summed E-state index contributed by atoms with van der Waals surface area (Å²) in [7, 11) is 1.61. The van der Waals surface area contributed by atoms with Gasteiger partial charge < -0.3 is 15.2 Å². The zero-order chi connectivity index (χ0) is 17.6. The Morgan fingerprint density at radius 3 is 2.76 bits per heavy atom. The number of phenolic OH excluding ortho intramolecular Hbond substituents is 1. The van der Waals surface area contributed by atoms with Crippen molar-refractivity contribution in [2.45, 2.75) is 38.4 Å². The van der Waals surface area contributed by atoms with Gasteiger partial charge in [0.2, 0.25) is 0 Å². The Kier molecular flexibility index (Phi) is 5.95. The maximum Gasteiger partial charge on any atom is 0.124 e. The zero-order valence-corrected chi connectivity index (χ0v) is 15.1. The Morgan fingerprint density at radius 2 is 2.04 bits per heavy atom. The molecule has 1 aliphatic heterocycles. The number of rotatable bonds is 6. The summed E-state index contributed by atoms with van der Waals surface area (Å²) in [6, 6.07) is 16.7. The summed E-state index contributed by atoms with van der Waals surface area (Å²) in [5.74, 6) is 0.969. The maximum atomic E-state index is 10.2. The van der Waals surface area contributed by atoms with Crippen LogP contribution in [0.3, 0.4) is 0 Å². The van der Waals surface area contributed by atoms with Crippen molar-refractivity contribution in [2.75, 3.05) is 20.2 Å². The van der Waals surface area contributed by atoms with Crippen LogP contribution in [0.15, 0.2) is 48.5 Å². The molecule has 4 nitrogen and oxygen atoms in total. The van der Waals surface area contributed by atoms with E-state index in [9.17, 15) is 5.11 Å². The molecule has 1 fully saturated rings. The van der Waals surface area contributed by atoms with Crippen molar-refractivity contribution >= 4 is 0 Å². The van der Waals surface area contributed by atoms with Crippen LogP contribution in [0.25, 0.3) is 0 Å². The molecular weight excluding hydrogens is 312 g/mol. The van der Waals surface area contributed by atoms with Gasteiger partial charge in [-0.15, -0.1) is 0 Å². The standard InChI is InChI=1S/C21H28N2O2/c1-16(20-11-10-19(25-2)13-21(20)24)22-18-9-6-12-23(15-18)14-17-7-4-3-5-8-17/h3-5,7-8,10-11,13,16,18,22,24H,6,9,12,14-15H2,1-2H3. The molecule has 4 heteroatoms. The Balaban J connectivity index is 1.58. The van der Waals surface area contributed by atoms with E-state index in [0.717, 1.165) is 25.2 Å². The van der Waals surface area contributed by atoms with Crippen LogP contribution < -0.4 is 10.1 Å². The molecule has 0 radical (unpaired) electrons. The van der Waals surface area contributed by atoms with Crippen molar-refractivity contribution in [3.05, 3.63) is 59.7 Å². The third-order valence-corrected chi connectivity index (χ3v) is 4.94. The SMILES string of the molecule is COc1ccc(C(C)NC2CCCN(Cc3ccccc3)C2)c(O)c1. The second-order valence-corrected chi connectivity index (χ2v) is 6.87. The quantitative estimate of drug-likeness (QED) is 0.841. The lowest BCUT2D eigenvalue weighted by Gasteiger charge is -2.35. The molecule has 0 saturated carbocycles. The van der Waals surface area contributed by atoms with E-state index in [-0.39, 0.29) is 11.8 Å². The van der Waals surface area contributed by atoms with Gasteiger partial charge in [-0.3, -0.25) is 4.90 Å². The summed E-state index contributed by atoms with van der Waals surface area (Å²) >= 11 is 0. The first-order chi connectivity index (χ1) is 12.2. The smallest absolute Gasteiger partial charge is 0.124 e. The summed E-state index contributed by atoms with van der Waals surface area (Å²) in [4.78, 5) is 2.51. The molecule has 1 heterocycles. The highest BCUT2D eigenvalue weighted by atomic mass is 16.5. The van der Waals surface area contributed by atoms with E-state index < -0.39 is 0 Å². The third-order valence-electron chi connectivity index (χ3n) is 4.94. The van der Waals surface area contributed by atoms with Gasteiger partial charge in [0.25, 0.3) is 0 Å². The first kappa shape index (κ1) is 17.8. The minimum Gasteiger partial charge on any atom is -0.507 e. The van der Waals surface area contributed by atoms with Gasteiger partial charge in [0.05, 0.1) is 7.11 Å². The van der Waals surface area contributed by atoms with Crippen molar-refractivity contribution < 1.29 is 9.84 Å². The van der Waals surface area contributed by atoms with Gasteiger partial charge in [0.1, 0.15) is 11.5 Å². The van der Waals surface area contributed by atoms with Gasteiger partial charge in [-0.2, -0.15) is 0 Å².